The molecule has 1 atom stereocenters. The summed E-state index contributed by atoms with van der Waals surface area (Å²) in [5, 5.41) is 8.06. The van der Waals surface area contributed by atoms with E-state index in [0.29, 0.717) is 16.8 Å². The van der Waals surface area contributed by atoms with Gasteiger partial charge in [0, 0.05) is 17.3 Å². The number of nitrogen functional groups attached to an aromatic ring is 1. The van der Waals surface area contributed by atoms with E-state index in [1.54, 1.807) is 26.8 Å². The van der Waals surface area contributed by atoms with E-state index >= 15 is 4.39 Å². The minimum Gasteiger partial charge on any atom is -0.382 e. The third-order valence-electron chi connectivity index (χ3n) is 6.13. The third-order valence-corrected chi connectivity index (χ3v) is 6.13. The molecule has 3 aromatic heterocycles. The van der Waals surface area contributed by atoms with Crippen LogP contribution in [0.15, 0.2) is 42.9 Å². The quantitative estimate of drug-likeness (QED) is 0.410. The molecule has 0 radical (unpaired) electrons. The highest BCUT2D eigenvalue weighted by Crippen LogP contribution is 2.38. The second-order valence-electron chi connectivity index (χ2n) is 9.36. The lowest BCUT2D eigenvalue weighted by Gasteiger charge is -2.40. The Morgan fingerprint density at radius 3 is 2.65 bits per heavy atom. The summed E-state index contributed by atoms with van der Waals surface area (Å²) < 4.78 is 62.5. The number of halogens is 4. The van der Waals surface area contributed by atoms with Gasteiger partial charge in [-0.1, -0.05) is 0 Å². The number of aromatic nitrogens is 5. The number of nitrogens with zero attached hydrogens (tertiary/aromatic N) is 6. The average Bonchev–Trinajstić information content (AvgIpc) is 3.40. The van der Waals surface area contributed by atoms with Crippen molar-refractivity contribution in [3.63, 3.8) is 0 Å². The molecule has 1 saturated heterocycles. The Hall–Kier alpha value is -4.00. The number of alkyl halides is 3. The Morgan fingerprint density at radius 1 is 1.16 bits per heavy atom. The monoisotopic (exact) mass is 517 g/mol. The van der Waals surface area contributed by atoms with E-state index in [1.807, 2.05) is 0 Å². The summed E-state index contributed by atoms with van der Waals surface area (Å²) in [5.74, 6) is -0.970. The lowest BCUT2D eigenvalue weighted by Crippen LogP contribution is -2.56. The number of hydrogen-bond donors (Lipinski definition) is 1. The molecule has 0 spiro atoms. The fourth-order valence-corrected chi connectivity index (χ4v) is 4.67. The molecule has 37 heavy (non-hydrogen) atoms. The zero-order valence-electron chi connectivity index (χ0n) is 20.1. The Labute approximate surface area is 208 Å². The highest BCUT2D eigenvalue weighted by atomic mass is 19.4. The molecule has 0 bridgehead atoms. The van der Waals surface area contributed by atoms with Gasteiger partial charge in [0.25, 0.3) is 5.91 Å². The zero-order chi connectivity index (χ0) is 26.7. The molecular weight excluding hydrogens is 494 g/mol. The molecule has 0 unspecified atom stereocenters. The first-order valence-corrected chi connectivity index (χ1v) is 11.4. The number of hydrogen-bond acceptors (Lipinski definition) is 6. The van der Waals surface area contributed by atoms with Crippen LogP contribution < -0.4 is 10.6 Å². The van der Waals surface area contributed by atoms with Crippen LogP contribution in [-0.4, -0.2) is 54.7 Å². The van der Waals surface area contributed by atoms with Gasteiger partial charge in [0.1, 0.15) is 29.8 Å². The smallest absolute Gasteiger partial charge is 0.382 e. The van der Waals surface area contributed by atoms with Crippen molar-refractivity contribution < 1.29 is 27.1 Å². The van der Waals surface area contributed by atoms with Crippen LogP contribution in [0.2, 0.25) is 0 Å². The van der Waals surface area contributed by atoms with E-state index in [-0.39, 0.29) is 35.4 Å². The lowest BCUT2D eigenvalue weighted by atomic mass is 10.0. The van der Waals surface area contributed by atoms with Gasteiger partial charge in [0.15, 0.2) is 5.82 Å². The number of carbonyl (C=O) groups excluding carboxylic acids is 1. The second-order valence-corrected chi connectivity index (χ2v) is 9.36. The summed E-state index contributed by atoms with van der Waals surface area (Å²) in [6.07, 6.45) is -2.36. The van der Waals surface area contributed by atoms with Crippen molar-refractivity contribution in [1.29, 1.82) is 0 Å². The summed E-state index contributed by atoms with van der Waals surface area (Å²) >= 11 is 0. The van der Waals surface area contributed by atoms with Crippen LogP contribution in [0.5, 0.6) is 0 Å². The topological polar surface area (TPSA) is 104 Å². The summed E-state index contributed by atoms with van der Waals surface area (Å²) in [4.78, 5) is 18.4. The van der Waals surface area contributed by atoms with Crippen LogP contribution in [0.3, 0.4) is 0 Å². The molecule has 2 N–H and O–H groups in total. The predicted octanol–water partition coefficient (Wildman–Crippen LogP) is 4.07. The van der Waals surface area contributed by atoms with Crippen molar-refractivity contribution in [2.75, 3.05) is 17.2 Å². The molecule has 4 aromatic rings. The van der Waals surface area contributed by atoms with Gasteiger partial charge in [-0.2, -0.15) is 23.4 Å². The third kappa shape index (κ3) is 4.39. The normalized spacial score (nSPS) is 18.1. The molecule has 13 heteroatoms. The predicted molar refractivity (Wildman–Crippen MR) is 127 cm³/mol. The number of nitrogens with two attached hydrogens (primary N) is 1. The van der Waals surface area contributed by atoms with Crippen molar-refractivity contribution in [3.05, 3.63) is 48.7 Å². The van der Waals surface area contributed by atoms with E-state index in [0.717, 1.165) is 4.68 Å². The van der Waals surface area contributed by atoms with E-state index in [9.17, 15) is 18.0 Å². The zero-order valence-corrected chi connectivity index (χ0v) is 20.1. The molecule has 1 aromatic carbocycles. The SMILES string of the molecule is C[C@H]1CN(c2cc(-c3cc(-c4ccnn4CC(F)(F)F)c4c(N)ncnn34)ccc2F)C(=O)C(C)(C)O1. The number of rotatable bonds is 4. The van der Waals surface area contributed by atoms with Gasteiger partial charge in [0.05, 0.1) is 29.7 Å². The standard InChI is InChI=1S/C24H23F4N7O2/c1-13-10-33(22(36)23(2,3)37-13)19-8-14(4-5-16(19)25)18-9-15(20-21(29)30-12-32-35(18)20)17-6-7-31-34(17)11-24(26,27)28/h4-9,12-13H,10-11H2,1-3H3,(H2,29,30,32)/t13-/m0/s1. The van der Waals surface area contributed by atoms with Gasteiger partial charge in [-0.25, -0.2) is 13.9 Å². The number of morpholine rings is 1. The Kier molecular flexibility index (Phi) is 5.70. The average molecular weight is 517 g/mol. The van der Waals surface area contributed by atoms with Crippen LogP contribution in [0.1, 0.15) is 20.8 Å². The van der Waals surface area contributed by atoms with Crippen molar-refractivity contribution in [1.82, 2.24) is 24.4 Å². The fraction of sp³-hybridized carbons (Fsp3) is 0.333. The molecule has 0 aliphatic carbocycles. The van der Waals surface area contributed by atoms with Gasteiger partial charge in [-0.15, -0.1) is 0 Å². The first kappa shape index (κ1) is 24.7. The maximum Gasteiger partial charge on any atom is 0.408 e. The van der Waals surface area contributed by atoms with Crippen molar-refractivity contribution >= 4 is 22.9 Å². The van der Waals surface area contributed by atoms with Crippen LogP contribution in [0, 0.1) is 5.82 Å². The maximum absolute atomic E-state index is 15.0. The molecule has 0 saturated carbocycles. The summed E-state index contributed by atoms with van der Waals surface area (Å²) in [6.45, 7) is 3.88. The molecule has 9 nitrogen and oxygen atoms in total. The lowest BCUT2D eigenvalue weighted by molar-refractivity contribution is -0.153. The van der Waals surface area contributed by atoms with Crippen LogP contribution in [0.4, 0.5) is 29.1 Å². The van der Waals surface area contributed by atoms with E-state index in [1.165, 1.54) is 46.2 Å². The highest BCUT2D eigenvalue weighted by molar-refractivity contribution is 6.00. The number of benzene rings is 1. The van der Waals surface area contributed by atoms with Crippen molar-refractivity contribution in [2.24, 2.45) is 0 Å². The Bertz CT molecular complexity index is 1510. The first-order valence-electron chi connectivity index (χ1n) is 11.4. The maximum atomic E-state index is 15.0. The molecule has 194 valence electrons. The van der Waals surface area contributed by atoms with Gasteiger partial charge in [-0.05, 0) is 51.1 Å². The highest BCUT2D eigenvalue weighted by Gasteiger charge is 2.41. The van der Waals surface area contributed by atoms with Gasteiger partial charge >= 0.3 is 6.18 Å². The van der Waals surface area contributed by atoms with E-state index in [4.69, 9.17) is 10.5 Å². The summed E-state index contributed by atoms with van der Waals surface area (Å²) in [7, 11) is 0. The number of ether oxygens (including phenoxy) is 1. The van der Waals surface area contributed by atoms with Crippen molar-refractivity contribution in [2.45, 2.75) is 45.2 Å². The first-order chi connectivity index (χ1) is 17.4. The second kappa shape index (κ2) is 8.54. The summed E-state index contributed by atoms with van der Waals surface area (Å²) in [5.41, 5.74) is 6.63. The largest absolute Gasteiger partial charge is 0.408 e. The molecule has 4 heterocycles. The minimum atomic E-state index is -4.50. The van der Waals surface area contributed by atoms with Crippen molar-refractivity contribution in [3.8, 4) is 22.5 Å². The van der Waals surface area contributed by atoms with Gasteiger partial charge < -0.3 is 15.4 Å². The molecule has 1 fully saturated rings. The number of anilines is 2. The summed E-state index contributed by atoms with van der Waals surface area (Å²) in [6, 6.07) is 7.24. The Morgan fingerprint density at radius 2 is 1.92 bits per heavy atom. The van der Waals surface area contributed by atoms with E-state index in [2.05, 4.69) is 15.2 Å². The van der Waals surface area contributed by atoms with E-state index < -0.39 is 30.0 Å². The van der Waals surface area contributed by atoms with Crippen LogP contribution in [0.25, 0.3) is 28.0 Å². The molecule has 1 aliphatic heterocycles. The number of fused-ring (bicyclic) bond motifs is 1. The van der Waals surface area contributed by atoms with Crippen LogP contribution in [-0.2, 0) is 16.1 Å². The number of amides is 1. The Balaban J connectivity index is 1.67. The molecule has 1 amide bonds. The molecule has 5 rings (SSSR count). The van der Waals surface area contributed by atoms with Gasteiger partial charge in [-0.3, -0.25) is 9.48 Å². The molecule has 1 aliphatic rings. The fourth-order valence-electron chi connectivity index (χ4n) is 4.67. The minimum absolute atomic E-state index is 0.0391. The molecular formula is C24H23F4N7O2. The number of carbonyl (C=O) groups is 1. The van der Waals surface area contributed by atoms with Gasteiger partial charge in [0.2, 0.25) is 0 Å². The van der Waals surface area contributed by atoms with Crippen LogP contribution >= 0.6 is 0 Å².